The number of likely N-dealkylation sites (N-methyl/N-ethyl adjacent to an activating group) is 1. The van der Waals surface area contributed by atoms with Crippen LogP contribution in [0.3, 0.4) is 0 Å². The van der Waals surface area contributed by atoms with Gasteiger partial charge in [0.15, 0.2) is 0 Å². The number of nitrogens with zero attached hydrogens (tertiary/aromatic N) is 1. The van der Waals surface area contributed by atoms with Gasteiger partial charge in [-0.1, -0.05) is 25.1 Å². The minimum atomic E-state index is 0.0288. The van der Waals surface area contributed by atoms with Crippen LogP contribution in [0.15, 0.2) is 18.2 Å². The molecule has 4 nitrogen and oxygen atoms in total. The van der Waals surface area contributed by atoms with Crippen LogP contribution in [-0.4, -0.2) is 25.5 Å². The number of amides is 1. The molecule has 1 amide bonds. The van der Waals surface area contributed by atoms with E-state index in [-0.39, 0.29) is 5.91 Å². The summed E-state index contributed by atoms with van der Waals surface area (Å²) in [6, 6.07) is 6.15. The molecule has 100 valence electrons. The second-order valence-electron chi connectivity index (χ2n) is 4.29. The number of nitrogens with one attached hydrogen (secondary N) is 2. The van der Waals surface area contributed by atoms with Crippen molar-refractivity contribution in [3.05, 3.63) is 29.3 Å². The summed E-state index contributed by atoms with van der Waals surface area (Å²) in [6.07, 6.45) is 0. The molecule has 0 aliphatic rings. The zero-order valence-corrected chi connectivity index (χ0v) is 11.7. The molecule has 0 spiro atoms. The Labute approximate surface area is 109 Å². The lowest BCUT2D eigenvalue weighted by Crippen LogP contribution is -2.45. The molecular formula is C14H23N3O. The molecule has 2 N–H and O–H groups in total. The summed E-state index contributed by atoms with van der Waals surface area (Å²) < 4.78 is 0. The lowest BCUT2D eigenvalue weighted by Gasteiger charge is -2.27. The minimum absolute atomic E-state index is 0.0288. The normalized spacial score (nSPS) is 10.2. The Balaban J connectivity index is 2.93. The van der Waals surface area contributed by atoms with Crippen molar-refractivity contribution in [3.63, 3.8) is 0 Å². The van der Waals surface area contributed by atoms with Crippen molar-refractivity contribution >= 4 is 11.6 Å². The SMILES string of the molecule is CCNC(=O)CN(NCC)c1c(C)cccc1C. The van der Waals surface area contributed by atoms with Crippen LogP contribution in [0.5, 0.6) is 0 Å². The van der Waals surface area contributed by atoms with Gasteiger partial charge in [0.25, 0.3) is 0 Å². The van der Waals surface area contributed by atoms with Crippen LogP contribution >= 0.6 is 0 Å². The number of hydrogen-bond donors (Lipinski definition) is 2. The Bertz CT molecular complexity index is 384. The third-order valence-corrected chi connectivity index (χ3v) is 2.73. The van der Waals surface area contributed by atoms with Crippen molar-refractivity contribution in [3.8, 4) is 0 Å². The predicted octanol–water partition coefficient (Wildman–Crippen LogP) is 1.77. The topological polar surface area (TPSA) is 44.4 Å². The van der Waals surface area contributed by atoms with E-state index in [0.717, 1.165) is 12.2 Å². The molecule has 0 radical (unpaired) electrons. The van der Waals surface area contributed by atoms with Crippen LogP contribution < -0.4 is 15.8 Å². The first-order valence-electron chi connectivity index (χ1n) is 6.44. The summed E-state index contributed by atoms with van der Waals surface area (Å²) in [6.45, 7) is 9.84. The van der Waals surface area contributed by atoms with Crippen molar-refractivity contribution in [2.75, 3.05) is 24.6 Å². The summed E-state index contributed by atoms with van der Waals surface area (Å²) >= 11 is 0. The molecule has 0 unspecified atom stereocenters. The quantitative estimate of drug-likeness (QED) is 0.755. The monoisotopic (exact) mass is 249 g/mol. The maximum atomic E-state index is 11.7. The highest BCUT2D eigenvalue weighted by atomic mass is 16.2. The average molecular weight is 249 g/mol. The van der Waals surface area contributed by atoms with Gasteiger partial charge in [0.05, 0.1) is 5.69 Å². The van der Waals surface area contributed by atoms with E-state index in [9.17, 15) is 4.79 Å². The van der Waals surface area contributed by atoms with Gasteiger partial charge in [-0.05, 0) is 31.9 Å². The van der Waals surface area contributed by atoms with Crippen LogP contribution in [0.4, 0.5) is 5.69 Å². The van der Waals surface area contributed by atoms with Crippen LogP contribution in [0.25, 0.3) is 0 Å². The Kier molecular flexibility index (Phi) is 5.65. The van der Waals surface area contributed by atoms with Crippen molar-refractivity contribution in [1.82, 2.24) is 10.7 Å². The maximum Gasteiger partial charge on any atom is 0.241 e. The Hall–Kier alpha value is -1.55. The molecule has 0 aliphatic carbocycles. The van der Waals surface area contributed by atoms with E-state index in [0.29, 0.717) is 13.1 Å². The van der Waals surface area contributed by atoms with E-state index in [2.05, 4.69) is 36.7 Å². The highest BCUT2D eigenvalue weighted by Crippen LogP contribution is 2.22. The van der Waals surface area contributed by atoms with Crippen molar-refractivity contribution < 1.29 is 4.79 Å². The van der Waals surface area contributed by atoms with Gasteiger partial charge < -0.3 is 5.32 Å². The van der Waals surface area contributed by atoms with Gasteiger partial charge in [0.2, 0.25) is 5.91 Å². The summed E-state index contributed by atoms with van der Waals surface area (Å²) in [5, 5.41) is 4.75. The van der Waals surface area contributed by atoms with E-state index < -0.39 is 0 Å². The number of anilines is 1. The average Bonchev–Trinajstić information content (AvgIpc) is 2.29. The lowest BCUT2D eigenvalue weighted by atomic mass is 10.1. The lowest BCUT2D eigenvalue weighted by molar-refractivity contribution is -0.119. The highest BCUT2D eigenvalue weighted by molar-refractivity contribution is 5.81. The molecule has 0 heterocycles. The summed E-state index contributed by atoms with van der Waals surface area (Å²) in [5.41, 5.74) is 6.66. The first kappa shape index (κ1) is 14.5. The van der Waals surface area contributed by atoms with Crippen LogP contribution in [0.2, 0.25) is 0 Å². The van der Waals surface area contributed by atoms with Crippen molar-refractivity contribution in [2.45, 2.75) is 27.7 Å². The van der Waals surface area contributed by atoms with E-state index in [1.807, 2.05) is 24.9 Å². The van der Waals surface area contributed by atoms with E-state index in [1.165, 1.54) is 11.1 Å². The van der Waals surface area contributed by atoms with Gasteiger partial charge in [0.1, 0.15) is 6.54 Å². The number of para-hydroxylation sites is 1. The zero-order chi connectivity index (χ0) is 13.5. The van der Waals surface area contributed by atoms with Crippen LogP contribution in [0, 0.1) is 13.8 Å². The van der Waals surface area contributed by atoms with Gasteiger partial charge >= 0.3 is 0 Å². The molecule has 1 aromatic carbocycles. The standard InChI is InChI=1S/C14H23N3O/c1-5-15-13(18)10-17(16-6-2)14-11(3)8-7-9-12(14)4/h7-9,16H,5-6,10H2,1-4H3,(H,15,18). The van der Waals surface area contributed by atoms with Gasteiger partial charge in [-0.15, -0.1) is 0 Å². The molecule has 1 rings (SSSR count). The van der Waals surface area contributed by atoms with Gasteiger partial charge in [-0.3, -0.25) is 9.80 Å². The van der Waals surface area contributed by atoms with Crippen molar-refractivity contribution in [1.29, 1.82) is 0 Å². The molecule has 0 aliphatic heterocycles. The first-order valence-corrected chi connectivity index (χ1v) is 6.44. The van der Waals surface area contributed by atoms with Crippen LogP contribution in [0.1, 0.15) is 25.0 Å². The number of carbonyl (C=O) groups excluding carboxylic acids is 1. The molecule has 1 aromatic rings. The fourth-order valence-electron chi connectivity index (χ4n) is 2.03. The molecule has 0 saturated carbocycles. The van der Waals surface area contributed by atoms with Gasteiger partial charge in [0, 0.05) is 13.1 Å². The smallest absolute Gasteiger partial charge is 0.241 e. The summed E-state index contributed by atoms with van der Waals surface area (Å²) in [7, 11) is 0. The molecule has 0 bridgehead atoms. The van der Waals surface area contributed by atoms with E-state index in [1.54, 1.807) is 0 Å². The fourth-order valence-corrected chi connectivity index (χ4v) is 2.03. The first-order chi connectivity index (χ1) is 8.60. The predicted molar refractivity (Wildman–Crippen MR) is 75.6 cm³/mol. The Morgan fingerprint density at radius 3 is 2.28 bits per heavy atom. The molecule has 0 saturated heterocycles. The number of carbonyl (C=O) groups is 1. The molecular weight excluding hydrogens is 226 g/mol. The van der Waals surface area contributed by atoms with Crippen LogP contribution in [-0.2, 0) is 4.79 Å². The molecule has 0 atom stereocenters. The zero-order valence-electron chi connectivity index (χ0n) is 11.7. The second kappa shape index (κ2) is 7.01. The summed E-state index contributed by atoms with van der Waals surface area (Å²) in [4.78, 5) is 11.7. The number of rotatable bonds is 6. The fraction of sp³-hybridized carbons (Fsp3) is 0.500. The van der Waals surface area contributed by atoms with E-state index in [4.69, 9.17) is 0 Å². The highest BCUT2D eigenvalue weighted by Gasteiger charge is 2.14. The second-order valence-corrected chi connectivity index (χ2v) is 4.29. The van der Waals surface area contributed by atoms with Crippen molar-refractivity contribution in [2.24, 2.45) is 0 Å². The number of hydrogen-bond acceptors (Lipinski definition) is 3. The van der Waals surface area contributed by atoms with Gasteiger partial charge in [-0.25, -0.2) is 5.43 Å². The molecule has 18 heavy (non-hydrogen) atoms. The Morgan fingerprint density at radius 1 is 1.17 bits per heavy atom. The molecule has 4 heteroatoms. The Morgan fingerprint density at radius 2 is 1.78 bits per heavy atom. The third kappa shape index (κ3) is 3.74. The number of hydrazine groups is 1. The third-order valence-electron chi connectivity index (χ3n) is 2.73. The van der Waals surface area contributed by atoms with E-state index >= 15 is 0 Å². The molecule has 0 aromatic heterocycles. The maximum absolute atomic E-state index is 11.7. The number of benzene rings is 1. The largest absolute Gasteiger partial charge is 0.355 e. The number of aryl methyl sites for hydroxylation is 2. The summed E-state index contributed by atoms with van der Waals surface area (Å²) in [5.74, 6) is 0.0288. The van der Waals surface area contributed by atoms with Gasteiger partial charge in [-0.2, -0.15) is 0 Å². The molecule has 0 fully saturated rings. The minimum Gasteiger partial charge on any atom is -0.355 e.